The maximum atomic E-state index is 12.8. The molecule has 1 N–H and O–H groups in total. The quantitative estimate of drug-likeness (QED) is 0.715. The first-order chi connectivity index (χ1) is 12.5. The minimum absolute atomic E-state index is 0.285. The summed E-state index contributed by atoms with van der Waals surface area (Å²) in [5, 5.41) is 2.79. The fourth-order valence-corrected chi connectivity index (χ4v) is 2.41. The Hall–Kier alpha value is -2.82. The number of hydrogen-bond acceptors (Lipinski definition) is 4. The zero-order valence-corrected chi connectivity index (χ0v) is 15.4. The normalized spacial score (nSPS) is 11.7. The van der Waals surface area contributed by atoms with Crippen molar-refractivity contribution in [3.63, 3.8) is 0 Å². The second kappa shape index (κ2) is 9.61. The van der Waals surface area contributed by atoms with Crippen LogP contribution >= 0.6 is 0 Å². The molecule has 138 valence electrons. The van der Waals surface area contributed by atoms with Gasteiger partial charge in [0.2, 0.25) is 6.10 Å². The molecule has 1 amide bonds. The molecule has 2 aromatic rings. The van der Waals surface area contributed by atoms with Crippen LogP contribution in [0, 0.1) is 5.92 Å². The lowest BCUT2D eigenvalue weighted by atomic mass is 10.1. The highest BCUT2D eigenvalue weighted by Gasteiger charge is 2.25. The van der Waals surface area contributed by atoms with E-state index in [1.165, 1.54) is 0 Å². The second-order valence-electron chi connectivity index (χ2n) is 6.43. The van der Waals surface area contributed by atoms with Crippen molar-refractivity contribution < 1.29 is 19.1 Å². The van der Waals surface area contributed by atoms with Crippen LogP contribution in [0.1, 0.15) is 38.4 Å². The number of hydrogen-bond donors (Lipinski definition) is 1. The summed E-state index contributed by atoms with van der Waals surface area (Å²) >= 11 is 0. The van der Waals surface area contributed by atoms with Crippen molar-refractivity contribution in [2.45, 2.75) is 32.8 Å². The third-order valence-corrected chi connectivity index (χ3v) is 3.85. The van der Waals surface area contributed by atoms with Gasteiger partial charge in [0.1, 0.15) is 5.75 Å². The number of amides is 1. The lowest BCUT2D eigenvalue weighted by Crippen LogP contribution is -2.26. The number of nitrogens with one attached hydrogen (secondary N) is 1. The van der Waals surface area contributed by atoms with Crippen LogP contribution in [-0.2, 0) is 14.3 Å². The van der Waals surface area contributed by atoms with Crippen LogP contribution in [0.25, 0.3) is 0 Å². The van der Waals surface area contributed by atoms with Gasteiger partial charge >= 0.3 is 5.97 Å². The van der Waals surface area contributed by atoms with E-state index >= 15 is 0 Å². The average molecular weight is 355 g/mol. The Morgan fingerprint density at radius 1 is 1.04 bits per heavy atom. The van der Waals surface area contributed by atoms with Crippen LogP contribution in [-0.4, -0.2) is 19.0 Å². The molecule has 0 fully saturated rings. The van der Waals surface area contributed by atoms with E-state index < -0.39 is 12.0 Å². The first kappa shape index (κ1) is 19.5. The van der Waals surface area contributed by atoms with Crippen molar-refractivity contribution >= 4 is 17.6 Å². The number of anilines is 1. The summed E-state index contributed by atoms with van der Waals surface area (Å²) in [6, 6.07) is 16.0. The molecule has 0 aromatic heterocycles. The molecule has 5 nitrogen and oxygen atoms in total. The van der Waals surface area contributed by atoms with Crippen molar-refractivity contribution in [2.75, 3.05) is 12.4 Å². The molecule has 0 unspecified atom stereocenters. The summed E-state index contributed by atoms with van der Waals surface area (Å²) in [6.07, 6.45) is 0.00715. The Kier molecular flexibility index (Phi) is 7.21. The van der Waals surface area contributed by atoms with Crippen LogP contribution in [0.3, 0.4) is 0 Å². The molecule has 0 aliphatic rings. The Labute approximate surface area is 154 Å². The summed E-state index contributed by atoms with van der Waals surface area (Å²) < 4.78 is 10.7. The molecule has 0 radical (unpaired) electrons. The van der Waals surface area contributed by atoms with Gasteiger partial charge in [-0.1, -0.05) is 50.2 Å². The number of methoxy groups -OCH3 is 1. The number of carbonyl (C=O) groups excluding carboxylic acids is 2. The van der Waals surface area contributed by atoms with E-state index in [9.17, 15) is 9.59 Å². The Morgan fingerprint density at radius 2 is 1.77 bits per heavy atom. The smallest absolute Gasteiger partial charge is 0.306 e. The van der Waals surface area contributed by atoms with Crippen LogP contribution in [0.5, 0.6) is 5.75 Å². The van der Waals surface area contributed by atoms with Gasteiger partial charge in [0, 0.05) is 23.7 Å². The zero-order valence-electron chi connectivity index (χ0n) is 15.4. The van der Waals surface area contributed by atoms with Crippen molar-refractivity contribution in [1.82, 2.24) is 0 Å². The van der Waals surface area contributed by atoms with Gasteiger partial charge in [0.05, 0.1) is 7.11 Å². The third-order valence-electron chi connectivity index (χ3n) is 3.85. The summed E-state index contributed by atoms with van der Waals surface area (Å²) in [5.74, 6) is 0.243. The molecule has 0 aliphatic carbocycles. The number of carbonyl (C=O) groups is 2. The fraction of sp³-hybridized carbons (Fsp3) is 0.333. The molecule has 2 aromatic carbocycles. The van der Waals surface area contributed by atoms with E-state index in [2.05, 4.69) is 5.32 Å². The van der Waals surface area contributed by atoms with Gasteiger partial charge in [0.25, 0.3) is 5.91 Å². The van der Waals surface area contributed by atoms with Gasteiger partial charge in [-0.25, -0.2) is 0 Å². The van der Waals surface area contributed by atoms with Gasteiger partial charge in [-0.2, -0.15) is 0 Å². The molecule has 0 spiro atoms. The molecule has 0 saturated carbocycles. The largest absolute Gasteiger partial charge is 0.497 e. The van der Waals surface area contributed by atoms with Crippen LogP contribution in [0.15, 0.2) is 54.6 Å². The lowest BCUT2D eigenvalue weighted by Gasteiger charge is -2.18. The summed E-state index contributed by atoms with van der Waals surface area (Å²) in [5.41, 5.74) is 1.21. The zero-order chi connectivity index (χ0) is 18.9. The fourth-order valence-electron chi connectivity index (χ4n) is 2.41. The van der Waals surface area contributed by atoms with E-state index in [0.29, 0.717) is 22.9 Å². The molecule has 26 heavy (non-hydrogen) atoms. The van der Waals surface area contributed by atoms with Gasteiger partial charge in [0.15, 0.2) is 0 Å². The van der Waals surface area contributed by atoms with Crippen molar-refractivity contribution in [3.8, 4) is 5.75 Å². The predicted molar refractivity (Wildman–Crippen MR) is 101 cm³/mol. The van der Waals surface area contributed by atoms with Crippen LogP contribution < -0.4 is 10.1 Å². The first-order valence-electron chi connectivity index (χ1n) is 8.69. The highest BCUT2D eigenvalue weighted by molar-refractivity contribution is 5.96. The number of ether oxygens (including phenoxy) is 2. The maximum Gasteiger partial charge on any atom is 0.306 e. The SMILES string of the molecule is COc1cccc(NC(=O)[C@@H](OC(=O)CCC(C)C)c2ccccc2)c1. The maximum absolute atomic E-state index is 12.8. The van der Waals surface area contributed by atoms with Gasteiger partial charge in [-0.3, -0.25) is 9.59 Å². The number of rotatable bonds is 8. The van der Waals surface area contributed by atoms with E-state index in [0.717, 1.165) is 6.42 Å². The summed E-state index contributed by atoms with van der Waals surface area (Å²) in [7, 11) is 1.56. The molecular formula is C21H25NO4. The number of benzene rings is 2. The average Bonchev–Trinajstić information content (AvgIpc) is 2.65. The van der Waals surface area contributed by atoms with Crippen LogP contribution in [0.2, 0.25) is 0 Å². The summed E-state index contributed by atoms with van der Waals surface area (Å²) in [4.78, 5) is 24.9. The predicted octanol–water partition coefficient (Wildman–Crippen LogP) is 4.35. The Bertz CT molecular complexity index is 728. The van der Waals surface area contributed by atoms with Gasteiger partial charge in [-0.15, -0.1) is 0 Å². The van der Waals surface area contributed by atoms with Crippen molar-refractivity contribution in [2.24, 2.45) is 5.92 Å². The molecule has 0 saturated heterocycles. The van der Waals surface area contributed by atoms with Crippen molar-refractivity contribution in [1.29, 1.82) is 0 Å². The molecule has 0 bridgehead atoms. The Morgan fingerprint density at radius 3 is 2.42 bits per heavy atom. The number of esters is 1. The van der Waals surface area contributed by atoms with Gasteiger partial charge < -0.3 is 14.8 Å². The van der Waals surface area contributed by atoms with E-state index in [-0.39, 0.29) is 12.4 Å². The standard InChI is InChI=1S/C21H25NO4/c1-15(2)12-13-19(23)26-20(16-8-5-4-6-9-16)21(24)22-17-10-7-11-18(14-17)25-3/h4-11,14-15,20H,12-13H2,1-3H3,(H,22,24)/t20-/m0/s1. The molecule has 5 heteroatoms. The van der Waals surface area contributed by atoms with E-state index in [1.807, 2.05) is 32.0 Å². The molecular weight excluding hydrogens is 330 g/mol. The van der Waals surface area contributed by atoms with E-state index in [1.54, 1.807) is 43.5 Å². The minimum Gasteiger partial charge on any atom is -0.497 e. The molecule has 0 heterocycles. The molecule has 0 aliphatic heterocycles. The Balaban J connectivity index is 2.14. The highest BCUT2D eigenvalue weighted by atomic mass is 16.5. The topological polar surface area (TPSA) is 64.6 Å². The van der Waals surface area contributed by atoms with Crippen LogP contribution in [0.4, 0.5) is 5.69 Å². The summed E-state index contributed by atoms with van der Waals surface area (Å²) in [6.45, 7) is 4.08. The third kappa shape index (κ3) is 5.92. The monoisotopic (exact) mass is 355 g/mol. The molecule has 1 atom stereocenters. The lowest BCUT2D eigenvalue weighted by molar-refractivity contribution is -0.155. The van der Waals surface area contributed by atoms with Gasteiger partial charge in [-0.05, 0) is 24.5 Å². The van der Waals surface area contributed by atoms with E-state index in [4.69, 9.17) is 9.47 Å². The minimum atomic E-state index is -0.998. The second-order valence-corrected chi connectivity index (χ2v) is 6.43. The van der Waals surface area contributed by atoms with Crippen molar-refractivity contribution in [3.05, 3.63) is 60.2 Å². The molecule has 2 rings (SSSR count). The highest BCUT2D eigenvalue weighted by Crippen LogP contribution is 2.23. The first-order valence-corrected chi connectivity index (χ1v) is 8.69.